The van der Waals surface area contributed by atoms with Crippen LogP contribution >= 0.6 is 0 Å². The summed E-state index contributed by atoms with van der Waals surface area (Å²) in [7, 11) is 0. The molecule has 0 spiro atoms. The molecule has 2 unspecified atom stereocenters. The molecular formula is C17H25N3O. The van der Waals surface area contributed by atoms with Crippen molar-refractivity contribution in [3.05, 3.63) is 35.4 Å². The Bertz CT molecular complexity index is 531. The molecular weight excluding hydrogens is 262 g/mol. The highest BCUT2D eigenvalue weighted by atomic mass is 16.1. The van der Waals surface area contributed by atoms with Crippen LogP contribution in [0.5, 0.6) is 0 Å². The molecule has 1 aliphatic carbocycles. The predicted molar refractivity (Wildman–Crippen MR) is 83.5 cm³/mol. The molecule has 4 N–H and O–H groups in total. The number of nitrogens with two attached hydrogens (primary N) is 2. The number of hydrogen-bond acceptors (Lipinski definition) is 3. The van der Waals surface area contributed by atoms with Gasteiger partial charge >= 0.3 is 0 Å². The van der Waals surface area contributed by atoms with Crippen LogP contribution in [0.3, 0.4) is 0 Å². The molecule has 1 aliphatic heterocycles. The number of benzene rings is 1. The highest BCUT2D eigenvalue weighted by Gasteiger charge is 2.44. The Morgan fingerprint density at radius 3 is 2.86 bits per heavy atom. The van der Waals surface area contributed by atoms with Crippen molar-refractivity contribution in [2.45, 2.75) is 44.2 Å². The van der Waals surface area contributed by atoms with Crippen molar-refractivity contribution in [3.8, 4) is 0 Å². The molecule has 2 aliphatic rings. The molecule has 3 rings (SSSR count). The monoisotopic (exact) mass is 287 g/mol. The molecule has 1 aromatic rings. The van der Waals surface area contributed by atoms with Crippen molar-refractivity contribution in [3.63, 3.8) is 0 Å². The first-order valence-electron chi connectivity index (χ1n) is 7.97. The number of nitrogens with zero attached hydrogens (tertiary/aromatic N) is 1. The summed E-state index contributed by atoms with van der Waals surface area (Å²) in [5.41, 5.74) is 13.9. The highest BCUT2D eigenvalue weighted by molar-refractivity contribution is 5.85. The lowest BCUT2D eigenvalue weighted by Crippen LogP contribution is -2.55. The zero-order valence-electron chi connectivity index (χ0n) is 12.6. The topological polar surface area (TPSA) is 72.3 Å². The predicted octanol–water partition coefficient (Wildman–Crippen LogP) is 1.42. The van der Waals surface area contributed by atoms with Crippen LogP contribution in [0, 0.1) is 5.92 Å². The number of amides is 1. The zero-order valence-corrected chi connectivity index (χ0v) is 12.6. The molecule has 2 atom stereocenters. The van der Waals surface area contributed by atoms with E-state index in [9.17, 15) is 4.79 Å². The number of hydrogen-bond donors (Lipinski definition) is 2. The summed E-state index contributed by atoms with van der Waals surface area (Å²) in [4.78, 5) is 14.1. The van der Waals surface area contributed by atoms with E-state index in [0.717, 1.165) is 51.7 Å². The summed E-state index contributed by atoms with van der Waals surface area (Å²) in [6.07, 6.45) is 4.89. The van der Waals surface area contributed by atoms with Crippen LogP contribution in [0.15, 0.2) is 24.3 Å². The molecule has 1 heterocycles. The van der Waals surface area contributed by atoms with Gasteiger partial charge in [-0.3, -0.25) is 9.69 Å². The fourth-order valence-electron chi connectivity index (χ4n) is 3.91. The molecule has 1 amide bonds. The van der Waals surface area contributed by atoms with Crippen molar-refractivity contribution in [2.24, 2.45) is 17.4 Å². The van der Waals surface area contributed by atoms with Crippen LogP contribution in [-0.4, -0.2) is 29.4 Å². The summed E-state index contributed by atoms with van der Waals surface area (Å²) in [5.74, 6) is -0.0823. The molecule has 0 aromatic heterocycles. The van der Waals surface area contributed by atoms with Crippen molar-refractivity contribution in [1.29, 1.82) is 0 Å². The quantitative estimate of drug-likeness (QED) is 0.879. The van der Waals surface area contributed by atoms with E-state index in [-0.39, 0.29) is 11.8 Å². The third-order valence-electron chi connectivity index (χ3n) is 5.33. The Labute approximate surface area is 126 Å². The third-order valence-corrected chi connectivity index (χ3v) is 5.33. The summed E-state index contributed by atoms with van der Waals surface area (Å²) >= 11 is 0. The van der Waals surface area contributed by atoms with Crippen molar-refractivity contribution in [2.75, 3.05) is 13.1 Å². The van der Waals surface area contributed by atoms with Crippen molar-refractivity contribution in [1.82, 2.24) is 4.90 Å². The Morgan fingerprint density at radius 2 is 2.10 bits per heavy atom. The van der Waals surface area contributed by atoms with Crippen LogP contribution in [-0.2, 0) is 17.8 Å². The van der Waals surface area contributed by atoms with Gasteiger partial charge < -0.3 is 11.5 Å². The summed E-state index contributed by atoms with van der Waals surface area (Å²) in [6, 6.07) is 8.66. The first-order chi connectivity index (χ1) is 10.1. The molecule has 1 fully saturated rings. The lowest BCUT2D eigenvalue weighted by molar-refractivity contribution is -0.124. The van der Waals surface area contributed by atoms with Gasteiger partial charge in [0.2, 0.25) is 5.91 Å². The Kier molecular flexibility index (Phi) is 4.00. The average molecular weight is 287 g/mol. The molecule has 1 aromatic carbocycles. The minimum Gasteiger partial charge on any atom is -0.368 e. The van der Waals surface area contributed by atoms with E-state index in [2.05, 4.69) is 29.2 Å². The largest absolute Gasteiger partial charge is 0.368 e. The first-order valence-corrected chi connectivity index (χ1v) is 7.97. The maximum atomic E-state index is 11.6. The van der Waals surface area contributed by atoms with Gasteiger partial charge in [0.1, 0.15) is 0 Å². The van der Waals surface area contributed by atoms with E-state index >= 15 is 0 Å². The maximum absolute atomic E-state index is 11.6. The van der Waals surface area contributed by atoms with E-state index in [4.69, 9.17) is 11.5 Å². The highest BCUT2D eigenvalue weighted by Crippen LogP contribution is 2.36. The minimum atomic E-state index is -0.770. The number of carbonyl (C=O) groups is 1. The van der Waals surface area contributed by atoms with Crippen LogP contribution in [0.25, 0.3) is 0 Å². The Balaban J connectivity index is 1.58. The van der Waals surface area contributed by atoms with E-state index in [1.165, 1.54) is 11.1 Å². The fraction of sp³-hybridized carbons (Fsp3) is 0.588. The van der Waals surface area contributed by atoms with Gasteiger partial charge in [-0.05, 0) is 49.3 Å². The minimum absolute atomic E-state index is 0.243. The van der Waals surface area contributed by atoms with Crippen molar-refractivity contribution >= 4 is 5.91 Å². The molecule has 1 saturated carbocycles. The number of rotatable bonds is 4. The molecule has 0 saturated heterocycles. The van der Waals surface area contributed by atoms with E-state index in [1.54, 1.807) is 0 Å². The molecule has 21 heavy (non-hydrogen) atoms. The van der Waals surface area contributed by atoms with Gasteiger partial charge in [0, 0.05) is 13.1 Å². The molecule has 0 radical (unpaired) electrons. The molecule has 0 bridgehead atoms. The molecule has 4 heteroatoms. The second kappa shape index (κ2) is 5.78. The van der Waals surface area contributed by atoms with Gasteiger partial charge in [-0.15, -0.1) is 0 Å². The summed E-state index contributed by atoms with van der Waals surface area (Å²) in [5, 5.41) is 0. The van der Waals surface area contributed by atoms with E-state index < -0.39 is 5.54 Å². The second-order valence-corrected chi connectivity index (χ2v) is 6.58. The molecule has 114 valence electrons. The first kappa shape index (κ1) is 14.5. The average Bonchev–Trinajstić information content (AvgIpc) is 2.87. The number of primary amides is 1. The SMILES string of the molecule is NC(=O)C1(N)CCCC1CCN1CCc2ccccc2C1. The van der Waals surface area contributed by atoms with Crippen LogP contribution in [0.4, 0.5) is 0 Å². The third kappa shape index (κ3) is 2.83. The fourth-order valence-corrected chi connectivity index (χ4v) is 3.91. The summed E-state index contributed by atoms with van der Waals surface area (Å²) in [6.45, 7) is 3.11. The maximum Gasteiger partial charge on any atom is 0.237 e. The van der Waals surface area contributed by atoms with Crippen molar-refractivity contribution < 1.29 is 4.79 Å². The van der Waals surface area contributed by atoms with Gasteiger partial charge in [-0.25, -0.2) is 0 Å². The second-order valence-electron chi connectivity index (χ2n) is 6.58. The Morgan fingerprint density at radius 1 is 1.33 bits per heavy atom. The smallest absolute Gasteiger partial charge is 0.237 e. The van der Waals surface area contributed by atoms with Gasteiger partial charge in [-0.2, -0.15) is 0 Å². The number of fused-ring (bicyclic) bond motifs is 1. The van der Waals surface area contributed by atoms with E-state index in [0.29, 0.717) is 0 Å². The van der Waals surface area contributed by atoms with Gasteiger partial charge in [0.05, 0.1) is 5.54 Å². The lowest BCUT2D eigenvalue weighted by Gasteiger charge is -2.32. The van der Waals surface area contributed by atoms with Gasteiger partial charge in [-0.1, -0.05) is 30.7 Å². The van der Waals surface area contributed by atoms with E-state index in [1.807, 2.05) is 0 Å². The van der Waals surface area contributed by atoms with Crippen LogP contribution < -0.4 is 11.5 Å². The molecule has 4 nitrogen and oxygen atoms in total. The van der Waals surface area contributed by atoms with Gasteiger partial charge in [0.25, 0.3) is 0 Å². The Hall–Kier alpha value is -1.39. The normalized spacial score (nSPS) is 29.3. The van der Waals surface area contributed by atoms with Crippen LogP contribution in [0.1, 0.15) is 36.8 Å². The zero-order chi connectivity index (χ0) is 14.9. The van der Waals surface area contributed by atoms with Gasteiger partial charge in [0.15, 0.2) is 0 Å². The lowest BCUT2D eigenvalue weighted by atomic mass is 9.84. The summed E-state index contributed by atoms with van der Waals surface area (Å²) < 4.78 is 0. The number of carbonyl (C=O) groups excluding carboxylic acids is 1. The standard InChI is InChI=1S/C17H25N3O/c18-16(21)17(19)9-3-6-15(17)8-11-20-10-7-13-4-1-2-5-14(13)12-20/h1-2,4-5,15H,3,6-12,19H2,(H2,18,21). The van der Waals surface area contributed by atoms with Crippen LogP contribution in [0.2, 0.25) is 0 Å².